The monoisotopic (exact) mass is 639 g/mol. The Morgan fingerprint density at radius 3 is 1.70 bits per heavy atom. The van der Waals surface area contributed by atoms with E-state index < -0.39 is 0 Å². The summed E-state index contributed by atoms with van der Waals surface area (Å²) < 4.78 is 13.0. The van der Waals surface area contributed by atoms with Crippen LogP contribution in [0.15, 0.2) is 160 Å². The molecule has 0 aliphatic carbocycles. The molecule has 3 heterocycles. The first-order valence-electron chi connectivity index (χ1n) is 16.7. The standard InChI is InChI=1S/C45H25N3O2/c1-2-9-26(10-3-1)27-17-19-28(20-18-27)43-46-44(29-21-22-33-32-13-6-7-15-37(32)49-39(33)25-29)48-45(47-43)36-24-23-35-31-12-5-4-11-30(31)34-14-8-16-38-40(34)41(35)42(36)50-38/h1-25H. The Kier molecular flexibility index (Phi) is 5.60. The van der Waals surface area contributed by atoms with Crippen molar-refractivity contribution >= 4 is 65.4 Å². The van der Waals surface area contributed by atoms with E-state index in [1.165, 1.54) is 16.2 Å². The highest BCUT2D eigenvalue weighted by Crippen LogP contribution is 2.45. The molecule has 5 nitrogen and oxygen atoms in total. The molecule has 0 radical (unpaired) electrons. The summed E-state index contributed by atoms with van der Waals surface area (Å²) in [7, 11) is 0. The molecule has 3 aromatic heterocycles. The van der Waals surface area contributed by atoms with Crippen molar-refractivity contribution in [3.05, 3.63) is 152 Å². The van der Waals surface area contributed by atoms with Crippen molar-refractivity contribution in [1.29, 1.82) is 0 Å². The van der Waals surface area contributed by atoms with Crippen LogP contribution in [-0.4, -0.2) is 15.0 Å². The topological polar surface area (TPSA) is 65.0 Å². The van der Waals surface area contributed by atoms with Crippen LogP contribution in [0.5, 0.6) is 0 Å². The second kappa shape index (κ2) is 10.3. The maximum atomic E-state index is 6.70. The number of fused-ring (bicyclic) bond motifs is 6. The SMILES string of the molecule is c1ccc(-c2ccc(-c3nc(-c4ccc5c(c4)oc4ccccc45)nc(-c4ccc5c6ccccc6c6cccc7oc4c5c76)n3)cc2)cc1. The highest BCUT2D eigenvalue weighted by atomic mass is 16.3. The van der Waals surface area contributed by atoms with Gasteiger partial charge in [0.2, 0.25) is 0 Å². The molecule has 0 N–H and O–H groups in total. The van der Waals surface area contributed by atoms with E-state index in [0.29, 0.717) is 17.5 Å². The van der Waals surface area contributed by atoms with Crippen LogP contribution in [0, 0.1) is 0 Å². The molecule has 0 aliphatic heterocycles. The molecule has 0 saturated heterocycles. The van der Waals surface area contributed by atoms with Crippen molar-refractivity contribution in [2.75, 3.05) is 0 Å². The minimum Gasteiger partial charge on any atom is -0.456 e. The van der Waals surface area contributed by atoms with Gasteiger partial charge in [-0.3, -0.25) is 0 Å². The quantitative estimate of drug-likeness (QED) is 0.179. The third-order valence-electron chi connectivity index (χ3n) is 9.92. The van der Waals surface area contributed by atoms with Crippen molar-refractivity contribution in [3.63, 3.8) is 0 Å². The summed E-state index contributed by atoms with van der Waals surface area (Å²) in [4.78, 5) is 15.3. The Balaban J connectivity index is 1.15. The van der Waals surface area contributed by atoms with Gasteiger partial charge in [-0.15, -0.1) is 0 Å². The summed E-state index contributed by atoms with van der Waals surface area (Å²) in [6.07, 6.45) is 0. The lowest BCUT2D eigenvalue weighted by Crippen LogP contribution is -2.00. The molecular weight excluding hydrogens is 615 g/mol. The van der Waals surface area contributed by atoms with Crippen molar-refractivity contribution in [3.8, 4) is 45.3 Å². The van der Waals surface area contributed by atoms with Gasteiger partial charge in [0, 0.05) is 32.7 Å². The van der Waals surface area contributed by atoms with Crippen LogP contribution in [0.4, 0.5) is 0 Å². The normalized spacial score (nSPS) is 12.0. The number of benzene rings is 8. The van der Waals surface area contributed by atoms with Gasteiger partial charge in [-0.25, -0.2) is 15.0 Å². The number of furan rings is 2. The molecule has 11 rings (SSSR count). The van der Waals surface area contributed by atoms with Crippen LogP contribution in [0.3, 0.4) is 0 Å². The molecule has 0 atom stereocenters. The number of hydrogen-bond acceptors (Lipinski definition) is 5. The summed E-state index contributed by atoms with van der Waals surface area (Å²) in [6.45, 7) is 0. The maximum Gasteiger partial charge on any atom is 0.167 e. The Morgan fingerprint density at radius 2 is 0.880 bits per heavy atom. The van der Waals surface area contributed by atoms with Gasteiger partial charge < -0.3 is 8.83 Å². The van der Waals surface area contributed by atoms with E-state index in [0.717, 1.165) is 77.1 Å². The average Bonchev–Trinajstić information content (AvgIpc) is 3.77. The molecule has 0 aliphatic rings. The molecule has 5 heteroatoms. The fourth-order valence-corrected chi connectivity index (χ4v) is 7.56. The van der Waals surface area contributed by atoms with Gasteiger partial charge in [-0.2, -0.15) is 0 Å². The van der Waals surface area contributed by atoms with Crippen LogP contribution >= 0.6 is 0 Å². The Morgan fingerprint density at radius 1 is 0.320 bits per heavy atom. The van der Waals surface area contributed by atoms with E-state index in [4.69, 9.17) is 23.8 Å². The fourth-order valence-electron chi connectivity index (χ4n) is 7.56. The summed E-state index contributed by atoms with van der Waals surface area (Å²) in [5.74, 6) is 1.69. The number of nitrogens with zero attached hydrogens (tertiary/aromatic N) is 3. The lowest BCUT2D eigenvalue weighted by molar-refractivity contribution is 0.668. The zero-order valence-corrected chi connectivity index (χ0v) is 26.6. The molecule has 0 saturated carbocycles. The lowest BCUT2D eigenvalue weighted by atomic mass is 9.93. The predicted molar refractivity (Wildman–Crippen MR) is 202 cm³/mol. The van der Waals surface area contributed by atoms with Gasteiger partial charge in [0.05, 0.1) is 5.56 Å². The highest BCUT2D eigenvalue weighted by molar-refractivity contribution is 6.34. The molecule has 232 valence electrons. The van der Waals surface area contributed by atoms with Crippen LogP contribution in [0.25, 0.3) is 111 Å². The van der Waals surface area contributed by atoms with Gasteiger partial charge in [0.25, 0.3) is 0 Å². The number of rotatable bonds is 4. The summed E-state index contributed by atoms with van der Waals surface area (Å²) in [5.41, 5.74) is 8.11. The van der Waals surface area contributed by atoms with Gasteiger partial charge in [0.1, 0.15) is 22.3 Å². The van der Waals surface area contributed by atoms with E-state index in [1.807, 2.05) is 36.4 Å². The fraction of sp³-hybridized carbons (Fsp3) is 0. The van der Waals surface area contributed by atoms with Crippen molar-refractivity contribution in [1.82, 2.24) is 15.0 Å². The van der Waals surface area contributed by atoms with Crippen LogP contribution in [0.2, 0.25) is 0 Å². The molecule has 11 aromatic rings. The van der Waals surface area contributed by atoms with E-state index in [-0.39, 0.29) is 0 Å². The number of aromatic nitrogens is 3. The molecule has 0 fully saturated rings. The van der Waals surface area contributed by atoms with Gasteiger partial charge in [0.15, 0.2) is 17.5 Å². The lowest BCUT2D eigenvalue weighted by Gasteiger charge is -2.11. The Bertz CT molecular complexity index is 3090. The molecule has 50 heavy (non-hydrogen) atoms. The van der Waals surface area contributed by atoms with Crippen molar-refractivity contribution in [2.45, 2.75) is 0 Å². The molecule has 0 unspecified atom stereocenters. The van der Waals surface area contributed by atoms with Crippen LogP contribution in [0.1, 0.15) is 0 Å². The largest absolute Gasteiger partial charge is 0.456 e. The second-order valence-electron chi connectivity index (χ2n) is 12.7. The summed E-state index contributed by atoms with van der Waals surface area (Å²) >= 11 is 0. The predicted octanol–water partition coefficient (Wildman–Crippen LogP) is 12.1. The van der Waals surface area contributed by atoms with Gasteiger partial charge >= 0.3 is 0 Å². The van der Waals surface area contributed by atoms with Crippen LogP contribution in [-0.2, 0) is 0 Å². The Labute approximate surface area is 285 Å². The number of hydrogen-bond donors (Lipinski definition) is 0. The smallest absolute Gasteiger partial charge is 0.167 e. The summed E-state index contributed by atoms with van der Waals surface area (Å²) in [5, 5.41) is 9.09. The Hall–Kier alpha value is -6.85. The van der Waals surface area contributed by atoms with Gasteiger partial charge in [-0.1, -0.05) is 121 Å². The van der Waals surface area contributed by atoms with Crippen molar-refractivity contribution < 1.29 is 8.83 Å². The first-order valence-corrected chi connectivity index (χ1v) is 16.7. The van der Waals surface area contributed by atoms with Crippen molar-refractivity contribution in [2.24, 2.45) is 0 Å². The first kappa shape index (κ1) is 27.1. The van der Waals surface area contributed by atoms with E-state index in [9.17, 15) is 0 Å². The van der Waals surface area contributed by atoms with E-state index in [2.05, 4.69) is 115 Å². The molecule has 8 aromatic carbocycles. The zero-order chi connectivity index (χ0) is 32.8. The van der Waals surface area contributed by atoms with E-state index >= 15 is 0 Å². The minimum atomic E-state index is 0.549. The third kappa shape index (κ3) is 3.98. The number of para-hydroxylation sites is 1. The second-order valence-corrected chi connectivity index (χ2v) is 12.7. The zero-order valence-electron chi connectivity index (χ0n) is 26.6. The average molecular weight is 640 g/mol. The molecule has 0 bridgehead atoms. The molecule has 0 amide bonds. The highest BCUT2D eigenvalue weighted by Gasteiger charge is 2.22. The van der Waals surface area contributed by atoms with E-state index in [1.54, 1.807) is 0 Å². The molecular formula is C45H25N3O2. The molecule has 0 spiro atoms. The maximum absolute atomic E-state index is 6.70. The third-order valence-corrected chi connectivity index (χ3v) is 9.92. The van der Waals surface area contributed by atoms with Crippen LogP contribution < -0.4 is 0 Å². The minimum absolute atomic E-state index is 0.549. The first-order chi connectivity index (χ1) is 24.8. The summed E-state index contributed by atoms with van der Waals surface area (Å²) in [6, 6.07) is 52.1. The van der Waals surface area contributed by atoms with Gasteiger partial charge in [-0.05, 0) is 63.0 Å².